The molecule has 0 aliphatic rings. The zero-order valence-corrected chi connectivity index (χ0v) is 9.61. The lowest BCUT2D eigenvalue weighted by Crippen LogP contribution is -2.17. The van der Waals surface area contributed by atoms with Crippen molar-refractivity contribution in [1.29, 1.82) is 0 Å². The third-order valence-corrected chi connectivity index (χ3v) is 2.51. The first-order valence-corrected chi connectivity index (χ1v) is 5.78. The van der Waals surface area contributed by atoms with Crippen molar-refractivity contribution in [1.82, 2.24) is 14.7 Å². The minimum atomic E-state index is 0.976. The first-order valence-electron chi connectivity index (χ1n) is 5.78. The predicted octanol–water partition coefficient (Wildman–Crippen LogP) is 1.75. The Morgan fingerprint density at radius 2 is 2.25 bits per heavy atom. The van der Waals surface area contributed by atoms with Crippen LogP contribution < -0.4 is 10.6 Å². The van der Waals surface area contributed by atoms with Crippen molar-refractivity contribution < 1.29 is 0 Å². The van der Waals surface area contributed by atoms with Gasteiger partial charge in [0, 0.05) is 18.9 Å². The van der Waals surface area contributed by atoms with Crippen molar-refractivity contribution in [2.75, 3.05) is 25.0 Å². The van der Waals surface area contributed by atoms with Crippen LogP contribution in [0.2, 0.25) is 0 Å². The van der Waals surface area contributed by atoms with Gasteiger partial charge in [0.25, 0.3) is 0 Å². The number of rotatable bonds is 6. The average Bonchev–Trinajstić information content (AvgIpc) is 2.77. The Labute approximate surface area is 95.7 Å². The van der Waals surface area contributed by atoms with Gasteiger partial charge in [0.05, 0.1) is 0 Å². The summed E-state index contributed by atoms with van der Waals surface area (Å²) in [5, 5.41) is 6.72. The topological polar surface area (TPSA) is 41.4 Å². The highest BCUT2D eigenvalue weighted by atomic mass is 15.1. The third kappa shape index (κ3) is 2.52. The van der Waals surface area contributed by atoms with E-state index in [1.54, 1.807) is 0 Å². The Bertz CT molecular complexity index is 435. The Morgan fingerprint density at radius 1 is 1.31 bits per heavy atom. The van der Waals surface area contributed by atoms with Crippen molar-refractivity contribution in [3.05, 3.63) is 30.6 Å². The third-order valence-electron chi connectivity index (χ3n) is 2.51. The van der Waals surface area contributed by atoms with Gasteiger partial charge in [0.1, 0.15) is 11.5 Å². The Kier molecular flexibility index (Phi) is 3.77. The fraction of sp³-hybridized carbons (Fsp3) is 0.417. The van der Waals surface area contributed by atoms with Crippen molar-refractivity contribution in [3.63, 3.8) is 0 Å². The second kappa shape index (κ2) is 5.51. The molecule has 2 rings (SSSR count). The molecule has 4 heteroatoms. The highest BCUT2D eigenvalue weighted by molar-refractivity contribution is 5.49. The normalized spacial score (nSPS) is 10.8. The van der Waals surface area contributed by atoms with Gasteiger partial charge in [-0.2, -0.15) is 0 Å². The van der Waals surface area contributed by atoms with Crippen LogP contribution in [0, 0.1) is 0 Å². The minimum Gasteiger partial charge on any atom is -0.371 e. The van der Waals surface area contributed by atoms with E-state index in [1.807, 2.05) is 24.5 Å². The quantitative estimate of drug-likeness (QED) is 0.726. The number of fused-ring (bicyclic) bond motifs is 1. The summed E-state index contributed by atoms with van der Waals surface area (Å²) in [7, 11) is 0. The van der Waals surface area contributed by atoms with Gasteiger partial charge in [-0.3, -0.25) is 4.40 Å². The number of imidazole rings is 1. The van der Waals surface area contributed by atoms with E-state index >= 15 is 0 Å². The van der Waals surface area contributed by atoms with E-state index in [0.29, 0.717) is 0 Å². The van der Waals surface area contributed by atoms with E-state index in [-0.39, 0.29) is 0 Å². The highest BCUT2D eigenvalue weighted by Crippen LogP contribution is 2.10. The Morgan fingerprint density at radius 3 is 3.12 bits per heavy atom. The van der Waals surface area contributed by atoms with Gasteiger partial charge in [0.15, 0.2) is 0 Å². The molecule has 0 aliphatic carbocycles. The summed E-state index contributed by atoms with van der Waals surface area (Å²) in [6.07, 6.45) is 4.92. The number of aromatic nitrogens is 2. The van der Waals surface area contributed by atoms with Gasteiger partial charge >= 0.3 is 0 Å². The molecule has 0 radical (unpaired) electrons. The molecular formula is C12H18N4. The van der Waals surface area contributed by atoms with Crippen molar-refractivity contribution in [2.45, 2.75) is 13.3 Å². The lowest BCUT2D eigenvalue weighted by molar-refractivity contribution is 0.688. The molecule has 4 nitrogen and oxygen atoms in total. The van der Waals surface area contributed by atoms with Crippen LogP contribution in [0.15, 0.2) is 30.6 Å². The summed E-state index contributed by atoms with van der Waals surface area (Å²) in [6, 6.07) is 6.10. The Balaban J connectivity index is 1.91. The predicted molar refractivity (Wildman–Crippen MR) is 66.8 cm³/mol. The van der Waals surface area contributed by atoms with E-state index in [0.717, 1.165) is 37.5 Å². The number of pyridine rings is 1. The number of nitrogens with one attached hydrogen (secondary N) is 2. The van der Waals surface area contributed by atoms with Crippen LogP contribution in [0.4, 0.5) is 5.82 Å². The molecule has 2 aromatic heterocycles. The molecule has 0 saturated carbocycles. The average molecular weight is 218 g/mol. The molecule has 0 atom stereocenters. The largest absolute Gasteiger partial charge is 0.371 e. The highest BCUT2D eigenvalue weighted by Gasteiger charge is 1.98. The second-order valence-electron chi connectivity index (χ2n) is 3.70. The first kappa shape index (κ1) is 11.0. The van der Waals surface area contributed by atoms with Crippen LogP contribution in [-0.2, 0) is 0 Å². The SMILES string of the molecule is CCNCCCNc1cccc2nccn12. The molecule has 0 saturated heterocycles. The molecule has 0 fully saturated rings. The zero-order chi connectivity index (χ0) is 11.2. The summed E-state index contributed by atoms with van der Waals surface area (Å²) in [4.78, 5) is 4.25. The second-order valence-corrected chi connectivity index (χ2v) is 3.70. The fourth-order valence-corrected chi connectivity index (χ4v) is 1.70. The fourth-order valence-electron chi connectivity index (χ4n) is 1.70. The smallest absolute Gasteiger partial charge is 0.138 e. The molecule has 0 unspecified atom stereocenters. The molecule has 0 spiro atoms. The van der Waals surface area contributed by atoms with Crippen molar-refractivity contribution in [3.8, 4) is 0 Å². The van der Waals surface area contributed by atoms with Crippen molar-refractivity contribution in [2.24, 2.45) is 0 Å². The van der Waals surface area contributed by atoms with E-state index in [2.05, 4.69) is 33.0 Å². The summed E-state index contributed by atoms with van der Waals surface area (Å²) in [5.41, 5.74) is 0.983. The van der Waals surface area contributed by atoms with Gasteiger partial charge in [0.2, 0.25) is 0 Å². The molecule has 2 N–H and O–H groups in total. The lowest BCUT2D eigenvalue weighted by atomic mass is 10.4. The number of hydrogen-bond donors (Lipinski definition) is 2. The van der Waals surface area contributed by atoms with Crippen molar-refractivity contribution >= 4 is 11.5 Å². The van der Waals surface area contributed by atoms with Gasteiger partial charge in [-0.15, -0.1) is 0 Å². The van der Waals surface area contributed by atoms with E-state index < -0.39 is 0 Å². The number of anilines is 1. The first-order chi connectivity index (χ1) is 7.92. The van der Waals surface area contributed by atoms with Gasteiger partial charge in [-0.25, -0.2) is 4.98 Å². The van der Waals surface area contributed by atoms with Crippen LogP contribution in [-0.4, -0.2) is 29.0 Å². The molecule has 86 valence electrons. The van der Waals surface area contributed by atoms with E-state index in [1.165, 1.54) is 0 Å². The molecule has 0 aliphatic heterocycles. The molecule has 2 aromatic rings. The Hall–Kier alpha value is -1.55. The molecule has 2 heterocycles. The number of hydrogen-bond acceptors (Lipinski definition) is 3. The summed E-state index contributed by atoms with van der Waals surface area (Å²) >= 11 is 0. The van der Waals surface area contributed by atoms with Crippen LogP contribution in [0.1, 0.15) is 13.3 Å². The zero-order valence-electron chi connectivity index (χ0n) is 9.61. The molecule has 0 amide bonds. The lowest BCUT2D eigenvalue weighted by Gasteiger charge is -2.08. The summed E-state index contributed by atoms with van der Waals surface area (Å²) in [5.74, 6) is 1.10. The molecular weight excluding hydrogens is 200 g/mol. The van der Waals surface area contributed by atoms with Gasteiger partial charge < -0.3 is 10.6 Å². The maximum Gasteiger partial charge on any atom is 0.138 e. The van der Waals surface area contributed by atoms with Crippen LogP contribution in [0.5, 0.6) is 0 Å². The van der Waals surface area contributed by atoms with Gasteiger partial charge in [-0.05, 0) is 31.6 Å². The van der Waals surface area contributed by atoms with Crippen LogP contribution in [0.3, 0.4) is 0 Å². The van der Waals surface area contributed by atoms with Crippen LogP contribution in [0.25, 0.3) is 5.65 Å². The maximum absolute atomic E-state index is 4.25. The molecule has 0 bridgehead atoms. The van der Waals surface area contributed by atoms with E-state index in [9.17, 15) is 0 Å². The monoisotopic (exact) mass is 218 g/mol. The molecule has 0 aromatic carbocycles. The summed E-state index contributed by atoms with van der Waals surface area (Å²) in [6.45, 7) is 5.20. The molecule has 16 heavy (non-hydrogen) atoms. The standard InChI is InChI=1S/C12H18N4/c1-2-13-7-4-8-14-11-5-3-6-12-15-9-10-16(11)12/h3,5-6,9-10,13-14H,2,4,7-8H2,1H3. The minimum absolute atomic E-state index is 0.976. The summed E-state index contributed by atoms with van der Waals surface area (Å²) < 4.78 is 2.06. The van der Waals surface area contributed by atoms with E-state index in [4.69, 9.17) is 0 Å². The maximum atomic E-state index is 4.25. The van der Waals surface area contributed by atoms with Crippen LogP contribution >= 0.6 is 0 Å². The number of nitrogens with zero attached hydrogens (tertiary/aromatic N) is 2. The van der Waals surface area contributed by atoms with Gasteiger partial charge in [-0.1, -0.05) is 13.0 Å².